The normalized spacial score (nSPS) is 15.1. The number of hydrogen-bond donors (Lipinski definition) is 0. The number of piperidine rings is 1. The molecule has 0 N–H and O–H groups in total. The Hall–Kier alpha value is -3.41. The van der Waals surface area contributed by atoms with Gasteiger partial charge in [0, 0.05) is 13.1 Å². The molecule has 146 valence electrons. The van der Waals surface area contributed by atoms with Crippen LogP contribution in [-0.4, -0.2) is 34.0 Å². The number of fused-ring (bicyclic) bond motifs is 1. The zero-order valence-corrected chi connectivity index (χ0v) is 16.2. The Morgan fingerprint density at radius 1 is 1.10 bits per heavy atom. The molecular weight excluding hydrogens is 366 g/mol. The second-order valence-corrected chi connectivity index (χ2v) is 7.46. The second kappa shape index (κ2) is 7.20. The van der Waals surface area contributed by atoms with Crippen molar-refractivity contribution < 1.29 is 13.7 Å². The maximum Gasteiger partial charge on any atom is 0.259 e. The lowest BCUT2D eigenvalue weighted by atomic mass is 9.89. The summed E-state index contributed by atoms with van der Waals surface area (Å²) in [7, 11) is 0. The van der Waals surface area contributed by atoms with Crippen molar-refractivity contribution in [3.8, 4) is 11.5 Å². The third-order valence-corrected chi connectivity index (χ3v) is 5.67. The summed E-state index contributed by atoms with van der Waals surface area (Å²) in [5, 5.41) is 4.70. The van der Waals surface area contributed by atoms with Crippen LogP contribution in [0.4, 0.5) is 0 Å². The molecule has 4 aromatic rings. The van der Waals surface area contributed by atoms with Crippen LogP contribution in [0, 0.1) is 6.92 Å². The van der Waals surface area contributed by atoms with E-state index in [2.05, 4.69) is 34.4 Å². The molecule has 1 saturated heterocycles. The maximum absolute atomic E-state index is 13.4. The number of benzene rings is 1. The summed E-state index contributed by atoms with van der Waals surface area (Å²) in [6, 6.07) is 15.9. The van der Waals surface area contributed by atoms with E-state index in [1.807, 2.05) is 24.0 Å². The first-order valence-corrected chi connectivity index (χ1v) is 9.86. The highest BCUT2D eigenvalue weighted by Gasteiger charge is 2.28. The molecule has 6 nitrogen and oxygen atoms in total. The summed E-state index contributed by atoms with van der Waals surface area (Å²) in [5.41, 5.74) is 3.51. The molecule has 5 rings (SSSR count). The Morgan fingerprint density at radius 3 is 2.62 bits per heavy atom. The molecule has 0 radical (unpaired) electrons. The molecule has 0 bridgehead atoms. The second-order valence-electron chi connectivity index (χ2n) is 7.46. The molecule has 3 aromatic heterocycles. The molecule has 0 unspecified atom stereocenters. The predicted molar refractivity (Wildman–Crippen MR) is 109 cm³/mol. The number of hydrogen-bond acceptors (Lipinski definition) is 5. The number of furan rings is 1. The zero-order chi connectivity index (χ0) is 19.8. The van der Waals surface area contributed by atoms with Gasteiger partial charge in [-0.05, 0) is 49.4 Å². The molecule has 1 aromatic carbocycles. The summed E-state index contributed by atoms with van der Waals surface area (Å²) in [4.78, 5) is 19.8. The molecular formula is C23H21N3O3. The van der Waals surface area contributed by atoms with Gasteiger partial charge in [-0.25, -0.2) is 4.98 Å². The standard InChI is InChI=1S/C23H21N3O3/c1-15-21-18(14-19(20-8-5-13-28-20)24-22(21)29-25-15)23(27)26-11-9-17(10-12-26)16-6-3-2-4-7-16/h2-8,13-14,17H,9-12H2,1H3. The smallest absolute Gasteiger partial charge is 0.259 e. The number of carbonyl (C=O) groups is 1. The van der Waals surface area contributed by atoms with E-state index in [9.17, 15) is 4.79 Å². The summed E-state index contributed by atoms with van der Waals surface area (Å²) in [6.07, 6.45) is 3.50. The average molecular weight is 387 g/mol. The minimum absolute atomic E-state index is 0.0111. The Balaban J connectivity index is 1.44. The van der Waals surface area contributed by atoms with Crippen molar-refractivity contribution in [3.63, 3.8) is 0 Å². The fourth-order valence-electron chi connectivity index (χ4n) is 4.13. The van der Waals surface area contributed by atoms with E-state index in [1.54, 1.807) is 18.4 Å². The van der Waals surface area contributed by atoms with Gasteiger partial charge >= 0.3 is 0 Å². The molecule has 1 aliphatic heterocycles. The molecule has 6 heteroatoms. The molecule has 0 saturated carbocycles. The van der Waals surface area contributed by atoms with Gasteiger partial charge in [-0.1, -0.05) is 35.5 Å². The van der Waals surface area contributed by atoms with Crippen LogP contribution in [-0.2, 0) is 0 Å². The molecule has 0 aliphatic carbocycles. The van der Waals surface area contributed by atoms with Crippen LogP contribution in [0.3, 0.4) is 0 Å². The van der Waals surface area contributed by atoms with Crippen LogP contribution in [0.5, 0.6) is 0 Å². The van der Waals surface area contributed by atoms with Gasteiger partial charge in [0.1, 0.15) is 5.69 Å². The van der Waals surface area contributed by atoms with Crippen molar-refractivity contribution in [1.29, 1.82) is 0 Å². The van der Waals surface area contributed by atoms with Crippen LogP contribution in [0.1, 0.15) is 40.4 Å². The Kier molecular flexibility index (Phi) is 4.39. The van der Waals surface area contributed by atoms with Crippen molar-refractivity contribution in [2.24, 2.45) is 0 Å². The van der Waals surface area contributed by atoms with Crippen LogP contribution in [0.15, 0.2) is 63.7 Å². The highest BCUT2D eigenvalue weighted by atomic mass is 16.5. The number of pyridine rings is 1. The number of aromatic nitrogens is 2. The molecule has 1 aliphatic rings. The fourth-order valence-corrected chi connectivity index (χ4v) is 4.13. The third kappa shape index (κ3) is 3.20. The predicted octanol–water partition coefficient (Wildman–Crippen LogP) is 4.81. The van der Waals surface area contributed by atoms with Gasteiger partial charge in [0.15, 0.2) is 5.76 Å². The minimum atomic E-state index is -0.0111. The van der Waals surface area contributed by atoms with Crippen LogP contribution in [0.2, 0.25) is 0 Å². The van der Waals surface area contributed by atoms with Gasteiger partial charge in [0.25, 0.3) is 11.6 Å². The molecule has 1 fully saturated rings. The molecule has 0 spiro atoms. The van der Waals surface area contributed by atoms with Gasteiger partial charge in [0.05, 0.1) is 22.9 Å². The first-order chi connectivity index (χ1) is 14.2. The SMILES string of the molecule is Cc1noc2nc(-c3ccco3)cc(C(=O)N3CCC(c4ccccc4)CC3)c12. The van der Waals surface area contributed by atoms with E-state index in [-0.39, 0.29) is 5.91 Å². The van der Waals surface area contributed by atoms with E-state index < -0.39 is 0 Å². The summed E-state index contributed by atoms with van der Waals surface area (Å²) in [6.45, 7) is 3.28. The lowest BCUT2D eigenvalue weighted by Gasteiger charge is -2.32. The maximum atomic E-state index is 13.4. The van der Waals surface area contributed by atoms with Gasteiger partial charge in [-0.15, -0.1) is 0 Å². The van der Waals surface area contributed by atoms with E-state index in [0.717, 1.165) is 25.9 Å². The van der Waals surface area contributed by atoms with E-state index in [1.165, 1.54) is 5.56 Å². The summed E-state index contributed by atoms with van der Waals surface area (Å²) >= 11 is 0. The largest absolute Gasteiger partial charge is 0.463 e. The van der Waals surface area contributed by atoms with Crippen molar-refractivity contribution in [2.45, 2.75) is 25.7 Å². The Bertz CT molecular complexity index is 1140. The number of amides is 1. The van der Waals surface area contributed by atoms with Gasteiger partial charge < -0.3 is 13.8 Å². The summed E-state index contributed by atoms with van der Waals surface area (Å²) < 4.78 is 10.8. The third-order valence-electron chi connectivity index (χ3n) is 5.67. The highest BCUT2D eigenvalue weighted by molar-refractivity contribution is 6.06. The van der Waals surface area contributed by atoms with Crippen LogP contribution < -0.4 is 0 Å². The Morgan fingerprint density at radius 2 is 1.90 bits per heavy atom. The quantitative estimate of drug-likeness (QED) is 0.504. The topological polar surface area (TPSA) is 72.4 Å². The molecule has 29 heavy (non-hydrogen) atoms. The number of rotatable bonds is 3. The number of carbonyl (C=O) groups excluding carboxylic acids is 1. The van der Waals surface area contributed by atoms with Crippen LogP contribution >= 0.6 is 0 Å². The summed E-state index contributed by atoms with van der Waals surface area (Å²) in [5.74, 6) is 1.08. The highest BCUT2D eigenvalue weighted by Crippen LogP contribution is 2.31. The lowest BCUT2D eigenvalue weighted by Crippen LogP contribution is -2.38. The molecule has 4 heterocycles. The average Bonchev–Trinajstić information content (AvgIpc) is 3.44. The monoisotopic (exact) mass is 387 g/mol. The van der Waals surface area contributed by atoms with Crippen LogP contribution in [0.25, 0.3) is 22.6 Å². The number of nitrogens with zero attached hydrogens (tertiary/aromatic N) is 3. The van der Waals surface area contributed by atoms with E-state index in [4.69, 9.17) is 8.94 Å². The van der Waals surface area contributed by atoms with Gasteiger partial charge in [-0.2, -0.15) is 0 Å². The lowest BCUT2D eigenvalue weighted by molar-refractivity contribution is 0.0715. The van der Waals surface area contributed by atoms with Crippen molar-refractivity contribution >= 4 is 17.0 Å². The first kappa shape index (κ1) is 17.7. The molecule has 1 amide bonds. The Labute approximate surface area is 168 Å². The van der Waals surface area contributed by atoms with Gasteiger partial charge in [-0.3, -0.25) is 4.79 Å². The zero-order valence-electron chi connectivity index (χ0n) is 16.2. The number of aryl methyl sites for hydroxylation is 1. The van der Waals surface area contributed by atoms with Crippen molar-refractivity contribution in [2.75, 3.05) is 13.1 Å². The van der Waals surface area contributed by atoms with E-state index >= 15 is 0 Å². The minimum Gasteiger partial charge on any atom is -0.463 e. The fraction of sp³-hybridized carbons (Fsp3) is 0.261. The van der Waals surface area contributed by atoms with Crippen molar-refractivity contribution in [1.82, 2.24) is 15.0 Å². The number of likely N-dealkylation sites (tertiary alicyclic amines) is 1. The van der Waals surface area contributed by atoms with E-state index in [0.29, 0.717) is 39.7 Å². The first-order valence-electron chi connectivity index (χ1n) is 9.86. The van der Waals surface area contributed by atoms with Gasteiger partial charge in [0.2, 0.25) is 0 Å². The molecule has 0 atom stereocenters. The van der Waals surface area contributed by atoms with Crippen molar-refractivity contribution in [3.05, 3.63) is 71.6 Å².